The SMILES string of the molecule is Cc1cc(-c2ccccc2)cc(C)c1-c1cc2n(n1)C13c4c(cccc4-2)Oc2cccc(c21)-n1c(C)cc(C)[n+]13.Cc1cc(-c2ccccc2)cc(C)c1-c1cc2n(n1)C13c4c(cccc4-2)Oc2cccc(c21)-n1ccc[n+]13. The average molecular weight is 1010 g/mol. The number of ether oxygens (including phenoxy) is 2. The van der Waals surface area contributed by atoms with Gasteiger partial charge in [0, 0.05) is 41.3 Å². The molecule has 10 heteroatoms. The number of benzene rings is 8. The van der Waals surface area contributed by atoms with Crippen molar-refractivity contribution >= 4 is 0 Å². The molecule has 0 N–H and O–H groups in total. The van der Waals surface area contributed by atoms with Crippen LogP contribution >= 0.6 is 0 Å². The molecule has 12 aromatic rings. The number of hydrogen-bond donors (Lipinski definition) is 0. The highest BCUT2D eigenvalue weighted by molar-refractivity contribution is 5.86. The van der Waals surface area contributed by atoms with E-state index in [0.717, 1.165) is 73.8 Å². The third kappa shape index (κ3) is 5.22. The number of rotatable bonds is 4. The van der Waals surface area contributed by atoms with E-state index in [4.69, 9.17) is 19.7 Å². The van der Waals surface area contributed by atoms with E-state index in [0.29, 0.717) is 0 Å². The Bertz CT molecular complexity index is 4600. The molecule has 78 heavy (non-hydrogen) atoms. The summed E-state index contributed by atoms with van der Waals surface area (Å²) in [5, 5.41) is 10.9. The molecule has 0 amide bonds. The molecule has 10 nitrogen and oxygen atoms in total. The van der Waals surface area contributed by atoms with Crippen LogP contribution < -0.4 is 18.8 Å². The molecule has 372 valence electrons. The standard InChI is InChI=1S/C35H27N4O.C33H23N4O/c1-20-16-25(24-10-6-5-7-11-24)17-21(2)32(20)27-19-29-26-12-8-14-30-33(26)35(38(29)36-27)34-28(13-9-15-31(34)40-30)37-22(3)18-23(4)39(35)37;1-20-17-23(22-9-4-3-5-10-22)18-21(2)30(20)25-19-27-24-11-6-13-28-31(24)33(37(27)34-25)32-26(12-7-14-29(32)38-28)35-15-8-16-36(33)35/h5-19H,1-4H3;3-19H,1-2H3/q2*+1. The van der Waals surface area contributed by atoms with Crippen LogP contribution in [0.2, 0.25) is 0 Å². The van der Waals surface area contributed by atoms with Crippen molar-refractivity contribution in [3.63, 3.8) is 0 Å². The molecule has 4 aromatic heterocycles. The van der Waals surface area contributed by atoms with Gasteiger partial charge in [0.05, 0.1) is 34.7 Å². The van der Waals surface area contributed by atoms with Crippen LogP contribution in [-0.4, -0.2) is 28.9 Å². The first-order chi connectivity index (χ1) is 38.1. The Morgan fingerprint density at radius 1 is 0.423 bits per heavy atom. The number of hydrogen-bond acceptors (Lipinski definition) is 4. The van der Waals surface area contributed by atoms with Crippen molar-refractivity contribution in [2.24, 2.45) is 0 Å². The summed E-state index contributed by atoms with van der Waals surface area (Å²) in [6.45, 7) is 13.2. The van der Waals surface area contributed by atoms with Gasteiger partial charge in [0.2, 0.25) is 5.69 Å². The molecule has 2 unspecified atom stereocenters. The number of fused-ring (bicyclic) bond motifs is 8. The highest BCUT2D eigenvalue weighted by Gasteiger charge is 2.68. The molecule has 0 saturated heterocycles. The van der Waals surface area contributed by atoms with E-state index in [-0.39, 0.29) is 0 Å². The maximum absolute atomic E-state index is 6.58. The molecule has 18 rings (SSSR count). The summed E-state index contributed by atoms with van der Waals surface area (Å²) in [6, 6.07) is 64.7. The second-order valence-electron chi connectivity index (χ2n) is 21.8. The zero-order chi connectivity index (χ0) is 52.1. The molecule has 2 spiro atoms. The van der Waals surface area contributed by atoms with Crippen LogP contribution in [0.25, 0.3) is 78.7 Å². The summed E-state index contributed by atoms with van der Waals surface area (Å²) in [5.41, 5.74) is 26.8. The van der Waals surface area contributed by atoms with E-state index >= 15 is 0 Å². The molecule has 6 aliphatic rings. The van der Waals surface area contributed by atoms with E-state index in [1.54, 1.807) is 0 Å². The molecular weight excluding hydrogens is 961 g/mol. The molecule has 0 radical (unpaired) electrons. The van der Waals surface area contributed by atoms with Gasteiger partial charge in [-0.15, -0.1) is 9.36 Å². The van der Waals surface area contributed by atoms with Gasteiger partial charge in [-0.3, -0.25) is 0 Å². The monoisotopic (exact) mass is 1010 g/mol. The van der Waals surface area contributed by atoms with Crippen LogP contribution in [0.15, 0.2) is 194 Å². The number of aryl methyl sites for hydroxylation is 6. The highest BCUT2D eigenvalue weighted by Crippen LogP contribution is 2.61. The third-order valence-corrected chi connectivity index (χ3v) is 17.4. The summed E-state index contributed by atoms with van der Waals surface area (Å²) < 4.78 is 26.9. The lowest BCUT2D eigenvalue weighted by atomic mass is 9.86. The molecule has 8 aromatic carbocycles. The predicted molar refractivity (Wildman–Crippen MR) is 301 cm³/mol. The molecular formula is C68H50N8O2+2. The molecule has 2 atom stereocenters. The first-order valence-corrected chi connectivity index (χ1v) is 26.8. The Hall–Kier alpha value is -9.80. The molecule has 0 fully saturated rings. The van der Waals surface area contributed by atoms with Gasteiger partial charge >= 0.3 is 11.3 Å². The Balaban J connectivity index is 0.000000126. The Labute approximate surface area is 450 Å². The molecule has 0 bridgehead atoms. The first kappa shape index (κ1) is 43.4. The van der Waals surface area contributed by atoms with Gasteiger partial charge in [-0.05, 0) is 128 Å². The van der Waals surface area contributed by atoms with E-state index in [9.17, 15) is 0 Å². The summed E-state index contributed by atoms with van der Waals surface area (Å²) in [6.07, 6.45) is 4.27. The minimum atomic E-state index is -0.645. The summed E-state index contributed by atoms with van der Waals surface area (Å²) >= 11 is 0. The zero-order valence-corrected chi connectivity index (χ0v) is 43.9. The van der Waals surface area contributed by atoms with Gasteiger partial charge in [-0.25, -0.2) is 0 Å². The van der Waals surface area contributed by atoms with Crippen molar-refractivity contribution in [1.82, 2.24) is 28.9 Å². The Kier molecular flexibility index (Phi) is 8.34. The Morgan fingerprint density at radius 3 is 1.42 bits per heavy atom. The van der Waals surface area contributed by atoms with Crippen molar-refractivity contribution in [3.8, 4) is 102 Å². The zero-order valence-electron chi connectivity index (χ0n) is 43.9. The quantitative estimate of drug-likeness (QED) is 0.165. The van der Waals surface area contributed by atoms with Crippen LogP contribution in [0.3, 0.4) is 0 Å². The van der Waals surface area contributed by atoms with Gasteiger partial charge in [0.25, 0.3) is 0 Å². The molecule has 0 saturated carbocycles. The normalized spacial score (nSPS) is 16.9. The van der Waals surface area contributed by atoms with Crippen LogP contribution in [0, 0.1) is 41.5 Å². The van der Waals surface area contributed by atoms with Crippen LogP contribution in [0.4, 0.5) is 0 Å². The summed E-state index contributed by atoms with van der Waals surface area (Å²) in [5.74, 6) is 3.56. The topological polar surface area (TPSA) is 71.7 Å². The van der Waals surface area contributed by atoms with Crippen LogP contribution in [0.1, 0.15) is 55.9 Å². The minimum absolute atomic E-state index is 0.626. The number of aromatic nitrogens is 8. The van der Waals surface area contributed by atoms with Gasteiger partial charge in [-0.1, -0.05) is 131 Å². The van der Waals surface area contributed by atoms with Gasteiger partial charge in [0.1, 0.15) is 56.6 Å². The van der Waals surface area contributed by atoms with Gasteiger partial charge < -0.3 is 9.47 Å². The lowest BCUT2D eigenvalue weighted by Crippen LogP contribution is -2.63. The fraction of sp³-hybridized carbons (Fsp3) is 0.118. The van der Waals surface area contributed by atoms with Crippen LogP contribution in [-0.2, 0) is 11.3 Å². The molecule has 6 aliphatic heterocycles. The molecule has 10 heterocycles. The van der Waals surface area contributed by atoms with E-state index in [1.165, 1.54) is 83.7 Å². The maximum atomic E-state index is 6.58. The first-order valence-electron chi connectivity index (χ1n) is 26.8. The highest BCUT2D eigenvalue weighted by atomic mass is 16.5. The largest absolute Gasteiger partial charge is 0.456 e. The van der Waals surface area contributed by atoms with E-state index in [1.807, 2.05) is 0 Å². The summed E-state index contributed by atoms with van der Waals surface area (Å²) in [4.78, 5) is 0. The van der Waals surface area contributed by atoms with Crippen LogP contribution in [0.5, 0.6) is 23.0 Å². The number of nitrogens with zero attached hydrogens (tertiary/aromatic N) is 8. The maximum Gasteiger partial charge on any atom is 0.348 e. The fourth-order valence-corrected chi connectivity index (χ4v) is 14.7. The summed E-state index contributed by atoms with van der Waals surface area (Å²) in [7, 11) is 0. The van der Waals surface area contributed by atoms with Crippen molar-refractivity contribution < 1.29 is 18.8 Å². The van der Waals surface area contributed by atoms with Gasteiger partial charge in [-0.2, -0.15) is 19.6 Å². The minimum Gasteiger partial charge on any atom is -0.456 e. The second-order valence-corrected chi connectivity index (χ2v) is 21.8. The lowest BCUT2D eigenvalue weighted by molar-refractivity contribution is -0.811. The molecule has 0 aliphatic carbocycles. The average Bonchev–Trinajstić information content (AvgIpc) is 2.69. The second kappa shape index (κ2) is 15.0. The van der Waals surface area contributed by atoms with Crippen molar-refractivity contribution in [3.05, 3.63) is 250 Å². The van der Waals surface area contributed by atoms with Crippen molar-refractivity contribution in [2.75, 3.05) is 0 Å². The predicted octanol–water partition coefficient (Wildman–Crippen LogP) is 13.8. The lowest BCUT2D eigenvalue weighted by Gasteiger charge is -2.29. The van der Waals surface area contributed by atoms with Crippen molar-refractivity contribution in [2.45, 2.75) is 52.9 Å². The fourth-order valence-electron chi connectivity index (χ4n) is 14.7. The van der Waals surface area contributed by atoms with E-state index < -0.39 is 11.3 Å². The van der Waals surface area contributed by atoms with E-state index in [2.05, 4.69) is 264 Å². The third-order valence-electron chi connectivity index (χ3n) is 17.4. The van der Waals surface area contributed by atoms with Gasteiger partial charge in [0.15, 0.2) is 6.20 Å². The Morgan fingerprint density at radius 2 is 0.885 bits per heavy atom. The van der Waals surface area contributed by atoms with Crippen molar-refractivity contribution in [1.29, 1.82) is 0 Å². The smallest absolute Gasteiger partial charge is 0.348 e.